The van der Waals surface area contributed by atoms with Gasteiger partial charge in [-0.25, -0.2) is 8.42 Å². The smallest absolute Gasteiger partial charge is 0.252 e. The van der Waals surface area contributed by atoms with Crippen molar-refractivity contribution in [1.29, 1.82) is 0 Å². The van der Waals surface area contributed by atoms with Gasteiger partial charge < -0.3 is 5.11 Å². The third-order valence-electron chi connectivity index (χ3n) is 2.80. The van der Waals surface area contributed by atoms with Crippen molar-refractivity contribution in [2.24, 2.45) is 0 Å². The van der Waals surface area contributed by atoms with E-state index >= 15 is 0 Å². The SMILES string of the molecule is CSCC(C)N(C)S(=O)(=O)c1cc(C)c(CO)s1. The summed E-state index contributed by atoms with van der Waals surface area (Å²) in [6, 6.07) is 1.58. The Morgan fingerprint density at radius 2 is 2.17 bits per heavy atom. The molecule has 1 aromatic heterocycles. The van der Waals surface area contributed by atoms with Crippen LogP contribution in [0.5, 0.6) is 0 Å². The van der Waals surface area contributed by atoms with Gasteiger partial charge in [0.2, 0.25) is 0 Å². The highest BCUT2D eigenvalue weighted by Gasteiger charge is 2.27. The van der Waals surface area contributed by atoms with Gasteiger partial charge in [0.05, 0.1) is 6.61 Å². The number of thiophene rings is 1. The van der Waals surface area contributed by atoms with Gasteiger partial charge in [-0.05, 0) is 31.7 Å². The average Bonchev–Trinajstić information content (AvgIpc) is 2.70. The average molecular weight is 309 g/mol. The van der Waals surface area contributed by atoms with Gasteiger partial charge in [0, 0.05) is 23.7 Å². The van der Waals surface area contributed by atoms with Gasteiger partial charge in [-0.3, -0.25) is 0 Å². The number of sulfonamides is 1. The molecule has 0 fully saturated rings. The zero-order valence-corrected chi connectivity index (χ0v) is 13.5. The molecule has 4 nitrogen and oxygen atoms in total. The van der Waals surface area contributed by atoms with Crippen molar-refractivity contribution in [3.05, 3.63) is 16.5 Å². The zero-order valence-electron chi connectivity index (χ0n) is 11.0. The van der Waals surface area contributed by atoms with E-state index in [0.717, 1.165) is 22.7 Å². The molecule has 0 aliphatic carbocycles. The van der Waals surface area contributed by atoms with Crippen LogP contribution in [0.25, 0.3) is 0 Å². The van der Waals surface area contributed by atoms with E-state index < -0.39 is 10.0 Å². The summed E-state index contributed by atoms with van der Waals surface area (Å²) in [4.78, 5) is 0.708. The number of thioether (sulfide) groups is 1. The van der Waals surface area contributed by atoms with E-state index in [4.69, 9.17) is 5.11 Å². The van der Waals surface area contributed by atoms with Gasteiger partial charge in [0.15, 0.2) is 0 Å². The summed E-state index contributed by atoms with van der Waals surface area (Å²) in [5.74, 6) is 0.757. The summed E-state index contributed by atoms with van der Waals surface area (Å²) in [7, 11) is -1.84. The molecule has 1 unspecified atom stereocenters. The van der Waals surface area contributed by atoms with Crippen LogP contribution in [0.15, 0.2) is 10.3 Å². The molecule has 1 rings (SSSR count). The number of aliphatic hydroxyl groups excluding tert-OH is 1. The Morgan fingerprint density at radius 3 is 2.61 bits per heavy atom. The molecule has 104 valence electrons. The monoisotopic (exact) mass is 309 g/mol. The molecule has 0 saturated carbocycles. The summed E-state index contributed by atoms with van der Waals surface area (Å²) < 4.78 is 26.5. The van der Waals surface area contributed by atoms with E-state index in [9.17, 15) is 8.42 Å². The van der Waals surface area contributed by atoms with Crippen LogP contribution in [0.3, 0.4) is 0 Å². The Labute approximate surface area is 117 Å². The second-order valence-electron chi connectivity index (χ2n) is 4.16. The Bertz CT molecular complexity index is 496. The van der Waals surface area contributed by atoms with Crippen LogP contribution in [0, 0.1) is 6.92 Å². The molecule has 1 heterocycles. The molecule has 0 aliphatic rings. The van der Waals surface area contributed by atoms with Crippen molar-refractivity contribution in [2.45, 2.75) is 30.7 Å². The fourth-order valence-electron chi connectivity index (χ4n) is 1.50. The Hall–Kier alpha value is -0.0800. The van der Waals surface area contributed by atoms with E-state index in [-0.39, 0.29) is 12.6 Å². The van der Waals surface area contributed by atoms with Crippen molar-refractivity contribution < 1.29 is 13.5 Å². The highest BCUT2D eigenvalue weighted by atomic mass is 32.2. The minimum absolute atomic E-state index is 0.0509. The maximum atomic E-state index is 12.4. The number of hydrogen-bond acceptors (Lipinski definition) is 5. The van der Waals surface area contributed by atoms with Crippen molar-refractivity contribution in [2.75, 3.05) is 19.1 Å². The lowest BCUT2D eigenvalue weighted by atomic mass is 10.3. The summed E-state index contributed by atoms with van der Waals surface area (Å²) in [6.45, 7) is 3.59. The summed E-state index contributed by atoms with van der Waals surface area (Å²) >= 11 is 2.76. The number of rotatable bonds is 6. The van der Waals surface area contributed by atoms with Gasteiger partial charge in [-0.2, -0.15) is 16.1 Å². The molecule has 0 saturated heterocycles. The predicted molar refractivity (Wildman–Crippen MR) is 77.8 cm³/mol. The number of aryl methyl sites for hydroxylation is 1. The largest absolute Gasteiger partial charge is 0.391 e. The predicted octanol–water partition coefficient (Wildman–Crippen LogP) is 1.92. The molecule has 1 aromatic rings. The molecule has 0 bridgehead atoms. The second-order valence-corrected chi connectivity index (χ2v) is 8.43. The maximum absolute atomic E-state index is 12.4. The van der Waals surface area contributed by atoms with Crippen LogP contribution < -0.4 is 0 Å². The zero-order chi connectivity index (χ0) is 13.9. The van der Waals surface area contributed by atoms with Crippen molar-refractivity contribution in [3.8, 4) is 0 Å². The van der Waals surface area contributed by atoms with Crippen LogP contribution in [0.1, 0.15) is 17.4 Å². The summed E-state index contributed by atoms with van der Waals surface area (Å²) in [5.41, 5.74) is 0.826. The van der Waals surface area contributed by atoms with Crippen LogP contribution in [-0.4, -0.2) is 42.9 Å². The first-order valence-electron chi connectivity index (χ1n) is 5.51. The van der Waals surface area contributed by atoms with E-state index in [1.807, 2.05) is 20.1 Å². The van der Waals surface area contributed by atoms with E-state index in [1.54, 1.807) is 24.9 Å². The maximum Gasteiger partial charge on any atom is 0.252 e. The minimum Gasteiger partial charge on any atom is -0.391 e. The lowest BCUT2D eigenvalue weighted by Crippen LogP contribution is -2.36. The molecular formula is C11H19NO3S3. The third-order valence-corrected chi connectivity index (χ3v) is 7.26. The van der Waals surface area contributed by atoms with Crippen LogP contribution in [0.2, 0.25) is 0 Å². The van der Waals surface area contributed by atoms with E-state index in [1.165, 1.54) is 4.31 Å². The van der Waals surface area contributed by atoms with Gasteiger partial charge in [-0.1, -0.05) is 0 Å². The first kappa shape index (κ1) is 16.0. The van der Waals surface area contributed by atoms with Crippen molar-refractivity contribution in [1.82, 2.24) is 4.31 Å². The molecule has 1 atom stereocenters. The molecule has 0 spiro atoms. The van der Waals surface area contributed by atoms with Crippen LogP contribution in [-0.2, 0) is 16.6 Å². The fourth-order valence-corrected chi connectivity index (χ4v) is 5.29. The van der Waals surface area contributed by atoms with Crippen LogP contribution >= 0.6 is 23.1 Å². The summed E-state index contributed by atoms with van der Waals surface area (Å²) in [6.07, 6.45) is 1.95. The third kappa shape index (κ3) is 3.27. The molecule has 0 radical (unpaired) electrons. The first-order valence-corrected chi connectivity index (χ1v) is 9.16. The normalized spacial score (nSPS) is 14.1. The number of aliphatic hydroxyl groups is 1. The van der Waals surface area contributed by atoms with Gasteiger partial charge >= 0.3 is 0 Å². The molecular weight excluding hydrogens is 290 g/mol. The molecule has 1 N–H and O–H groups in total. The molecule has 0 aliphatic heterocycles. The Kier molecular flexibility index (Phi) is 5.67. The quantitative estimate of drug-likeness (QED) is 0.872. The topological polar surface area (TPSA) is 57.6 Å². The number of hydrogen-bond donors (Lipinski definition) is 1. The first-order chi connectivity index (χ1) is 8.34. The lowest BCUT2D eigenvalue weighted by molar-refractivity contribution is 0.285. The Balaban J connectivity index is 3.05. The highest BCUT2D eigenvalue weighted by molar-refractivity contribution is 7.98. The van der Waals surface area contributed by atoms with Crippen molar-refractivity contribution >= 4 is 33.1 Å². The standard InChI is InChI=1S/C11H19NO3S3/c1-8-5-11(17-10(8)6-13)18(14,15)12(3)9(2)7-16-4/h5,9,13H,6-7H2,1-4H3. The van der Waals surface area contributed by atoms with E-state index in [0.29, 0.717) is 9.09 Å². The Morgan fingerprint density at radius 1 is 1.56 bits per heavy atom. The van der Waals surface area contributed by atoms with Gasteiger partial charge in [0.1, 0.15) is 4.21 Å². The molecule has 7 heteroatoms. The highest BCUT2D eigenvalue weighted by Crippen LogP contribution is 2.29. The molecule has 0 aromatic carbocycles. The van der Waals surface area contributed by atoms with Gasteiger partial charge in [-0.15, -0.1) is 11.3 Å². The lowest BCUT2D eigenvalue weighted by Gasteiger charge is -2.22. The molecule has 0 amide bonds. The van der Waals surface area contributed by atoms with Crippen LogP contribution in [0.4, 0.5) is 0 Å². The molecule has 18 heavy (non-hydrogen) atoms. The fraction of sp³-hybridized carbons (Fsp3) is 0.636. The number of nitrogens with zero attached hydrogens (tertiary/aromatic N) is 1. The summed E-state index contributed by atoms with van der Waals surface area (Å²) in [5, 5.41) is 9.13. The van der Waals surface area contributed by atoms with E-state index in [2.05, 4.69) is 0 Å². The van der Waals surface area contributed by atoms with Gasteiger partial charge in [0.25, 0.3) is 10.0 Å². The minimum atomic E-state index is -3.44. The van der Waals surface area contributed by atoms with Crippen molar-refractivity contribution in [3.63, 3.8) is 0 Å². The second kappa shape index (κ2) is 6.38.